The maximum Gasteiger partial charge on any atom is 0.345 e. The minimum Gasteiger partial charge on any atom is -0.477 e. The number of ketones is 1. The topological polar surface area (TPSA) is 115 Å². The van der Waals surface area contributed by atoms with Crippen LogP contribution in [0.1, 0.15) is 60.0 Å². The Morgan fingerprint density at radius 1 is 1.29 bits per heavy atom. The van der Waals surface area contributed by atoms with Gasteiger partial charge in [0.2, 0.25) is 0 Å². The fourth-order valence-corrected chi connectivity index (χ4v) is 4.58. The highest BCUT2D eigenvalue weighted by molar-refractivity contribution is 7.13. The number of carbonyl (C=O) groups excluding carboxylic acids is 1. The number of carbonyl (C=O) groups is 2. The van der Waals surface area contributed by atoms with E-state index in [1.807, 2.05) is 0 Å². The average Bonchev–Trinajstić information content (AvgIpc) is 3.18. The van der Waals surface area contributed by atoms with Gasteiger partial charge in [-0.05, 0) is 57.6 Å². The largest absolute Gasteiger partial charge is 0.477 e. The van der Waals surface area contributed by atoms with E-state index in [9.17, 15) is 24.9 Å². The smallest absolute Gasteiger partial charge is 0.345 e. The SMILES string of the molecule is C[C@@H](O)CCC[C@H](O)C=C[C@H]1[C@H](O)CC(=O)[C@@H]1CCCc1ccc(C(=O)O)s1. The summed E-state index contributed by atoms with van der Waals surface area (Å²) in [7, 11) is 0. The number of aromatic carboxylic acids is 1. The second-order valence-corrected chi connectivity index (χ2v) is 8.79. The van der Waals surface area contributed by atoms with Crippen molar-refractivity contribution in [3.05, 3.63) is 34.0 Å². The molecule has 0 aromatic carbocycles. The first-order chi connectivity index (χ1) is 13.3. The fraction of sp³-hybridized carbons (Fsp3) is 0.619. The number of Topliss-reactive ketones (excluding diaryl/α,β-unsaturated/α-hetero) is 1. The summed E-state index contributed by atoms with van der Waals surface area (Å²) in [6.07, 6.45) is 5.74. The van der Waals surface area contributed by atoms with Gasteiger partial charge in [0.25, 0.3) is 0 Å². The van der Waals surface area contributed by atoms with Crippen LogP contribution in [0.3, 0.4) is 0 Å². The van der Waals surface area contributed by atoms with Crippen LogP contribution in [0.15, 0.2) is 24.3 Å². The van der Waals surface area contributed by atoms with Crippen LogP contribution in [0.25, 0.3) is 0 Å². The van der Waals surface area contributed by atoms with E-state index in [-0.39, 0.29) is 30.1 Å². The molecule has 0 radical (unpaired) electrons. The van der Waals surface area contributed by atoms with Gasteiger partial charge in [0.1, 0.15) is 10.7 Å². The lowest BCUT2D eigenvalue weighted by Gasteiger charge is -2.18. The Balaban J connectivity index is 1.85. The van der Waals surface area contributed by atoms with Crippen molar-refractivity contribution in [3.63, 3.8) is 0 Å². The number of aliphatic hydroxyl groups is 3. The van der Waals surface area contributed by atoms with E-state index >= 15 is 0 Å². The lowest BCUT2D eigenvalue weighted by molar-refractivity contribution is -0.121. The van der Waals surface area contributed by atoms with Crippen LogP contribution in [0, 0.1) is 11.8 Å². The molecular weight excluding hydrogens is 380 g/mol. The molecule has 6 nitrogen and oxygen atoms in total. The second kappa shape index (κ2) is 10.9. The van der Waals surface area contributed by atoms with Gasteiger partial charge in [0.15, 0.2) is 0 Å². The standard InChI is InChI=1S/C21H30O6S/c1-13(22)4-2-5-14(23)8-10-17-16(18(24)12-19(17)25)7-3-6-15-9-11-20(28-15)21(26)27/h8-11,13-14,16-17,19,22-23,25H,2-7,12H2,1H3,(H,26,27)/t13-,14+,16-,17-,19-/m1/s1. The van der Waals surface area contributed by atoms with Gasteiger partial charge >= 0.3 is 5.97 Å². The molecule has 1 aliphatic carbocycles. The molecule has 28 heavy (non-hydrogen) atoms. The van der Waals surface area contributed by atoms with E-state index in [0.29, 0.717) is 37.0 Å². The Kier molecular flexibility index (Phi) is 8.82. The number of carboxylic acids is 1. The maximum absolute atomic E-state index is 12.3. The molecule has 4 N–H and O–H groups in total. The molecule has 2 rings (SSSR count). The number of hydrogen-bond donors (Lipinski definition) is 4. The third-order valence-corrected chi connectivity index (χ3v) is 6.35. The monoisotopic (exact) mass is 410 g/mol. The summed E-state index contributed by atoms with van der Waals surface area (Å²) >= 11 is 1.25. The summed E-state index contributed by atoms with van der Waals surface area (Å²) < 4.78 is 0. The van der Waals surface area contributed by atoms with E-state index < -0.39 is 18.2 Å². The van der Waals surface area contributed by atoms with Gasteiger partial charge in [-0.1, -0.05) is 12.2 Å². The van der Waals surface area contributed by atoms with Crippen molar-refractivity contribution in [1.82, 2.24) is 0 Å². The molecule has 0 unspecified atom stereocenters. The van der Waals surface area contributed by atoms with Crippen molar-refractivity contribution in [2.24, 2.45) is 11.8 Å². The van der Waals surface area contributed by atoms with E-state index in [0.717, 1.165) is 11.3 Å². The van der Waals surface area contributed by atoms with Crippen LogP contribution in [0.5, 0.6) is 0 Å². The van der Waals surface area contributed by atoms with Crippen LogP contribution < -0.4 is 0 Å². The summed E-state index contributed by atoms with van der Waals surface area (Å²) in [5, 5.41) is 38.5. The van der Waals surface area contributed by atoms with Crippen molar-refractivity contribution in [2.45, 2.75) is 70.2 Å². The molecule has 0 aliphatic heterocycles. The third-order valence-electron chi connectivity index (χ3n) is 5.22. The van der Waals surface area contributed by atoms with Crippen LogP contribution in [-0.4, -0.2) is 50.5 Å². The molecule has 0 bridgehead atoms. The Bertz CT molecular complexity index is 680. The van der Waals surface area contributed by atoms with Gasteiger partial charge in [-0.15, -0.1) is 11.3 Å². The zero-order chi connectivity index (χ0) is 20.7. The van der Waals surface area contributed by atoms with E-state index in [1.54, 1.807) is 31.2 Å². The number of aryl methyl sites for hydroxylation is 1. The molecule has 0 amide bonds. The van der Waals surface area contributed by atoms with Gasteiger partial charge in [-0.25, -0.2) is 4.79 Å². The molecular formula is C21H30O6S. The molecule has 1 aromatic rings. The molecule has 1 fully saturated rings. The molecule has 7 heteroatoms. The second-order valence-electron chi connectivity index (χ2n) is 7.62. The lowest BCUT2D eigenvalue weighted by atomic mass is 9.88. The number of thiophene rings is 1. The van der Waals surface area contributed by atoms with Crippen molar-refractivity contribution < 1.29 is 30.0 Å². The highest BCUT2D eigenvalue weighted by Crippen LogP contribution is 2.34. The first-order valence-electron chi connectivity index (χ1n) is 9.85. The van der Waals surface area contributed by atoms with Gasteiger partial charge in [-0.2, -0.15) is 0 Å². The predicted octanol–water partition coefficient (Wildman–Crippen LogP) is 2.80. The van der Waals surface area contributed by atoms with Crippen LogP contribution in [-0.2, 0) is 11.2 Å². The van der Waals surface area contributed by atoms with Crippen molar-refractivity contribution in [1.29, 1.82) is 0 Å². The molecule has 5 atom stereocenters. The predicted molar refractivity (Wildman–Crippen MR) is 108 cm³/mol. The average molecular weight is 411 g/mol. The quantitative estimate of drug-likeness (QED) is 0.417. The molecule has 0 saturated heterocycles. The minimum atomic E-state index is -0.928. The normalized spacial score (nSPS) is 24.7. The van der Waals surface area contributed by atoms with Gasteiger partial charge in [0, 0.05) is 23.1 Å². The number of hydrogen-bond acceptors (Lipinski definition) is 6. The van der Waals surface area contributed by atoms with Crippen LogP contribution in [0.2, 0.25) is 0 Å². The zero-order valence-corrected chi connectivity index (χ0v) is 17.0. The first-order valence-corrected chi connectivity index (χ1v) is 10.7. The molecule has 1 aromatic heterocycles. The van der Waals surface area contributed by atoms with Crippen LogP contribution >= 0.6 is 11.3 Å². The summed E-state index contributed by atoms with van der Waals surface area (Å²) in [6.45, 7) is 1.71. The molecule has 1 aliphatic rings. The molecule has 1 heterocycles. The molecule has 156 valence electrons. The van der Waals surface area contributed by atoms with Gasteiger partial charge < -0.3 is 20.4 Å². The lowest BCUT2D eigenvalue weighted by Crippen LogP contribution is -2.19. The fourth-order valence-electron chi connectivity index (χ4n) is 3.69. The Hall–Kier alpha value is -1.54. The third kappa shape index (κ3) is 6.81. The summed E-state index contributed by atoms with van der Waals surface area (Å²) in [5.41, 5.74) is 0. The van der Waals surface area contributed by atoms with Crippen molar-refractivity contribution in [2.75, 3.05) is 0 Å². The maximum atomic E-state index is 12.3. The summed E-state index contributed by atoms with van der Waals surface area (Å²) in [4.78, 5) is 24.5. The molecule has 0 spiro atoms. The summed E-state index contributed by atoms with van der Waals surface area (Å²) in [6, 6.07) is 3.40. The molecule has 1 saturated carbocycles. The Morgan fingerprint density at radius 2 is 2.04 bits per heavy atom. The Morgan fingerprint density at radius 3 is 2.68 bits per heavy atom. The van der Waals surface area contributed by atoms with Gasteiger partial charge in [-0.3, -0.25) is 4.79 Å². The minimum absolute atomic E-state index is 0.0446. The highest BCUT2D eigenvalue weighted by atomic mass is 32.1. The van der Waals surface area contributed by atoms with Gasteiger partial charge in [0.05, 0.1) is 18.3 Å². The number of aliphatic hydroxyl groups excluding tert-OH is 3. The number of carboxylic acid groups (broad SMARTS) is 1. The highest BCUT2D eigenvalue weighted by Gasteiger charge is 2.39. The van der Waals surface area contributed by atoms with E-state index in [2.05, 4.69) is 0 Å². The van der Waals surface area contributed by atoms with E-state index in [1.165, 1.54) is 11.3 Å². The summed E-state index contributed by atoms with van der Waals surface area (Å²) in [5.74, 6) is -1.45. The Labute approximate surface area is 169 Å². The first kappa shape index (κ1) is 22.7. The van der Waals surface area contributed by atoms with Crippen molar-refractivity contribution >= 4 is 23.1 Å². The van der Waals surface area contributed by atoms with E-state index in [4.69, 9.17) is 5.11 Å². The van der Waals surface area contributed by atoms with Crippen LogP contribution in [0.4, 0.5) is 0 Å². The number of rotatable bonds is 11. The zero-order valence-electron chi connectivity index (χ0n) is 16.2. The van der Waals surface area contributed by atoms with Crippen molar-refractivity contribution in [3.8, 4) is 0 Å².